The number of benzene rings is 1. The van der Waals surface area contributed by atoms with E-state index in [1.807, 2.05) is 26.8 Å². The summed E-state index contributed by atoms with van der Waals surface area (Å²) in [5.41, 5.74) is 0.913. The van der Waals surface area contributed by atoms with Crippen LogP contribution in [0.25, 0.3) is 0 Å². The van der Waals surface area contributed by atoms with Crippen LogP contribution in [0.5, 0.6) is 5.75 Å². The highest BCUT2D eigenvalue weighted by atomic mass is 35.5. The van der Waals surface area contributed by atoms with Crippen molar-refractivity contribution in [2.45, 2.75) is 52.7 Å². The van der Waals surface area contributed by atoms with E-state index in [4.69, 9.17) is 16.3 Å². The topological polar surface area (TPSA) is 58.6 Å². The zero-order chi connectivity index (χ0) is 18.6. The third-order valence-electron chi connectivity index (χ3n) is 4.40. The molecule has 0 saturated carbocycles. The number of nitrogens with zero attached hydrogens (tertiary/aromatic N) is 1. The quantitative estimate of drug-likeness (QED) is 0.870. The number of nitrogens with one attached hydrogen (secondary N) is 1. The van der Waals surface area contributed by atoms with Gasteiger partial charge in [0.1, 0.15) is 5.75 Å². The van der Waals surface area contributed by atoms with E-state index in [1.54, 1.807) is 24.0 Å². The van der Waals surface area contributed by atoms with Crippen molar-refractivity contribution in [1.82, 2.24) is 10.2 Å². The molecular weight excluding hydrogens is 340 g/mol. The molecule has 2 amide bonds. The minimum atomic E-state index is -0.568. The van der Waals surface area contributed by atoms with Gasteiger partial charge in [-0.1, -0.05) is 11.6 Å². The van der Waals surface area contributed by atoms with Gasteiger partial charge in [0, 0.05) is 30.1 Å². The SMILES string of the molecule is Cc1cc(OC(C)C(=O)N2CCC(C(=O)NC(C)C)CC2)ccc1Cl. The van der Waals surface area contributed by atoms with Crippen LogP contribution in [0.2, 0.25) is 5.02 Å². The van der Waals surface area contributed by atoms with Crippen LogP contribution < -0.4 is 10.1 Å². The van der Waals surface area contributed by atoms with Gasteiger partial charge in [-0.3, -0.25) is 9.59 Å². The van der Waals surface area contributed by atoms with Gasteiger partial charge in [0.15, 0.2) is 6.10 Å². The Morgan fingerprint density at radius 2 is 1.88 bits per heavy atom. The van der Waals surface area contributed by atoms with Crippen LogP contribution in [0.3, 0.4) is 0 Å². The van der Waals surface area contributed by atoms with Crippen LogP contribution >= 0.6 is 11.6 Å². The molecule has 138 valence electrons. The van der Waals surface area contributed by atoms with Crippen molar-refractivity contribution in [3.63, 3.8) is 0 Å². The molecule has 1 atom stereocenters. The van der Waals surface area contributed by atoms with Gasteiger partial charge in [-0.2, -0.15) is 0 Å². The molecule has 0 bridgehead atoms. The van der Waals surface area contributed by atoms with Crippen LogP contribution in [0.15, 0.2) is 18.2 Å². The third-order valence-corrected chi connectivity index (χ3v) is 4.82. The molecule has 1 aliphatic rings. The number of ether oxygens (including phenoxy) is 1. The second-order valence-electron chi connectivity index (χ2n) is 6.93. The Kier molecular flexibility index (Phi) is 6.71. The maximum Gasteiger partial charge on any atom is 0.263 e. The van der Waals surface area contributed by atoms with Gasteiger partial charge in [-0.05, 0) is 64.3 Å². The Morgan fingerprint density at radius 3 is 2.44 bits per heavy atom. The van der Waals surface area contributed by atoms with Gasteiger partial charge >= 0.3 is 0 Å². The second-order valence-corrected chi connectivity index (χ2v) is 7.34. The van der Waals surface area contributed by atoms with Crippen molar-refractivity contribution >= 4 is 23.4 Å². The molecule has 2 rings (SSSR count). The minimum absolute atomic E-state index is 0.0124. The zero-order valence-corrected chi connectivity index (χ0v) is 16.1. The summed E-state index contributed by atoms with van der Waals surface area (Å²) in [7, 11) is 0. The molecule has 1 aliphatic heterocycles. The van der Waals surface area contributed by atoms with Crippen LogP contribution in [-0.4, -0.2) is 41.9 Å². The fraction of sp³-hybridized carbons (Fsp3) is 0.579. The van der Waals surface area contributed by atoms with E-state index in [2.05, 4.69) is 5.32 Å². The number of aryl methyl sites for hydroxylation is 1. The van der Waals surface area contributed by atoms with E-state index in [0.717, 1.165) is 5.56 Å². The molecule has 1 aromatic carbocycles. The van der Waals surface area contributed by atoms with E-state index >= 15 is 0 Å². The van der Waals surface area contributed by atoms with Crippen LogP contribution in [0, 0.1) is 12.8 Å². The first-order valence-corrected chi connectivity index (χ1v) is 9.17. The summed E-state index contributed by atoms with van der Waals surface area (Å²) in [6.07, 6.45) is 0.815. The number of likely N-dealkylation sites (tertiary alicyclic amines) is 1. The molecule has 1 saturated heterocycles. The van der Waals surface area contributed by atoms with E-state index in [1.165, 1.54) is 0 Å². The lowest BCUT2D eigenvalue weighted by Crippen LogP contribution is -2.47. The molecule has 0 radical (unpaired) electrons. The Balaban J connectivity index is 1.86. The maximum atomic E-state index is 12.6. The number of piperidine rings is 1. The molecule has 0 aliphatic carbocycles. The number of carbonyl (C=O) groups is 2. The van der Waals surface area contributed by atoms with Crippen molar-refractivity contribution in [3.8, 4) is 5.75 Å². The average molecular weight is 367 g/mol. The van der Waals surface area contributed by atoms with Crippen molar-refractivity contribution < 1.29 is 14.3 Å². The Hall–Kier alpha value is -1.75. The summed E-state index contributed by atoms with van der Waals surface area (Å²) in [6.45, 7) is 8.73. The fourth-order valence-corrected chi connectivity index (χ4v) is 3.08. The minimum Gasteiger partial charge on any atom is -0.481 e. The summed E-state index contributed by atoms with van der Waals surface area (Å²) in [4.78, 5) is 26.4. The first kappa shape index (κ1) is 19.6. The molecule has 1 fully saturated rings. The van der Waals surface area contributed by atoms with Crippen molar-refractivity contribution in [2.75, 3.05) is 13.1 Å². The Labute approximate surface area is 154 Å². The number of halogens is 1. The van der Waals surface area contributed by atoms with E-state index < -0.39 is 6.10 Å². The standard InChI is InChI=1S/C19H27ClN2O3/c1-12(2)21-18(23)15-7-9-22(10-8-15)19(24)14(4)25-16-5-6-17(20)13(3)11-16/h5-6,11-12,14-15H,7-10H2,1-4H3,(H,21,23). The average Bonchev–Trinajstić information content (AvgIpc) is 2.57. The first-order valence-electron chi connectivity index (χ1n) is 8.80. The van der Waals surface area contributed by atoms with Gasteiger partial charge in [-0.15, -0.1) is 0 Å². The number of hydrogen-bond donors (Lipinski definition) is 1. The summed E-state index contributed by atoms with van der Waals surface area (Å²) in [5.74, 6) is 0.661. The lowest BCUT2D eigenvalue weighted by atomic mass is 9.95. The summed E-state index contributed by atoms with van der Waals surface area (Å²) < 4.78 is 5.76. The highest BCUT2D eigenvalue weighted by Crippen LogP contribution is 2.23. The van der Waals surface area contributed by atoms with E-state index in [-0.39, 0.29) is 23.8 Å². The second kappa shape index (κ2) is 8.56. The molecule has 1 heterocycles. The smallest absolute Gasteiger partial charge is 0.263 e. The van der Waals surface area contributed by atoms with Gasteiger partial charge < -0.3 is 15.0 Å². The monoisotopic (exact) mass is 366 g/mol. The van der Waals surface area contributed by atoms with Crippen LogP contribution in [-0.2, 0) is 9.59 Å². The zero-order valence-electron chi connectivity index (χ0n) is 15.3. The van der Waals surface area contributed by atoms with Crippen molar-refractivity contribution in [1.29, 1.82) is 0 Å². The van der Waals surface area contributed by atoms with Gasteiger partial charge in [0.2, 0.25) is 5.91 Å². The van der Waals surface area contributed by atoms with Gasteiger partial charge in [0.05, 0.1) is 0 Å². The lowest BCUT2D eigenvalue weighted by molar-refractivity contribution is -0.141. The molecular formula is C19H27ClN2O3. The van der Waals surface area contributed by atoms with Crippen molar-refractivity contribution in [2.24, 2.45) is 5.92 Å². The summed E-state index contributed by atoms with van der Waals surface area (Å²) >= 11 is 6.01. The summed E-state index contributed by atoms with van der Waals surface area (Å²) in [5, 5.41) is 3.62. The van der Waals surface area contributed by atoms with Gasteiger partial charge in [0.25, 0.3) is 5.91 Å². The number of carbonyl (C=O) groups excluding carboxylic acids is 2. The summed E-state index contributed by atoms with van der Waals surface area (Å²) in [6, 6.07) is 5.50. The number of rotatable bonds is 5. The predicted octanol–water partition coefficient (Wildman–Crippen LogP) is 3.18. The molecule has 1 aromatic rings. The highest BCUT2D eigenvalue weighted by Gasteiger charge is 2.30. The fourth-order valence-electron chi connectivity index (χ4n) is 2.97. The Morgan fingerprint density at radius 1 is 1.24 bits per heavy atom. The number of amides is 2. The molecule has 25 heavy (non-hydrogen) atoms. The molecule has 0 aromatic heterocycles. The Bertz CT molecular complexity index is 625. The lowest BCUT2D eigenvalue weighted by Gasteiger charge is -2.33. The molecule has 5 nitrogen and oxygen atoms in total. The third kappa shape index (κ3) is 5.36. The predicted molar refractivity (Wildman–Crippen MR) is 98.9 cm³/mol. The van der Waals surface area contributed by atoms with E-state index in [9.17, 15) is 9.59 Å². The van der Waals surface area contributed by atoms with Gasteiger partial charge in [-0.25, -0.2) is 0 Å². The molecule has 0 spiro atoms. The highest BCUT2D eigenvalue weighted by molar-refractivity contribution is 6.31. The van der Waals surface area contributed by atoms with E-state index in [0.29, 0.717) is 36.7 Å². The molecule has 1 unspecified atom stereocenters. The van der Waals surface area contributed by atoms with Crippen LogP contribution in [0.1, 0.15) is 39.2 Å². The normalized spacial score (nSPS) is 16.6. The molecule has 1 N–H and O–H groups in total. The number of hydrogen-bond acceptors (Lipinski definition) is 3. The molecule has 6 heteroatoms. The largest absolute Gasteiger partial charge is 0.481 e. The maximum absolute atomic E-state index is 12.6. The first-order chi connectivity index (χ1) is 11.8. The van der Waals surface area contributed by atoms with Crippen molar-refractivity contribution in [3.05, 3.63) is 28.8 Å². The van der Waals surface area contributed by atoms with Crippen LogP contribution in [0.4, 0.5) is 0 Å².